The summed E-state index contributed by atoms with van der Waals surface area (Å²) in [6.07, 6.45) is 14.7. The fourth-order valence-electron chi connectivity index (χ4n) is 8.39. The smallest absolute Gasteiger partial charge is 0.412 e. The van der Waals surface area contributed by atoms with E-state index in [1.807, 2.05) is 162 Å². The molecule has 0 atom stereocenters. The minimum Gasteiger partial charge on any atom is -0.445 e. The number of nitrogens with two attached hydrogens (primary N) is 1. The molecular weight excluding hydrogens is 1090 g/mol. The molecule has 16 heteroatoms. The lowest BCUT2D eigenvalue weighted by Gasteiger charge is -2.14. The van der Waals surface area contributed by atoms with Crippen molar-refractivity contribution in [3.05, 3.63) is 227 Å². The second-order valence-electron chi connectivity index (χ2n) is 21.5. The lowest BCUT2D eigenvalue weighted by molar-refractivity contribution is 0.163. The number of alkyl halides is 3. The van der Waals surface area contributed by atoms with Gasteiger partial charge >= 0.3 is 12.1 Å². The number of aromatic nitrogens is 6. The highest BCUT2D eigenvalue weighted by atomic mass is 35.6. The van der Waals surface area contributed by atoms with Crippen molar-refractivity contribution in [2.45, 2.75) is 70.0 Å². The maximum Gasteiger partial charge on any atom is 0.412 e. The topological polar surface area (TPSA) is 167 Å². The van der Waals surface area contributed by atoms with E-state index in [0.29, 0.717) is 11.6 Å². The van der Waals surface area contributed by atoms with Gasteiger partial charge in [-0.15, -0.1) is 0 Å². The van der Waals surface area contributed by atoms with Crippen LogP contribution in [0.25, 0.3) is 57.2 Å². The Balaban J connectivity index is 0.000000172. The van der Waals surface area contributed by atoms with Crippen LogP contribution in [0.15, 0.2) is 183 Å². The zero-order chi connectivity index (χ0) is 58.6. The molecule has 10 aromatic rings. The number of anilines is 4. The van der Waals surface area contributed by atoms with E-state index in [9.17, 15) is 9.59 Å². The molecule has 0 bridgehead atoms. The Kier molecular flexibility index (Phi) is 19.0. The number of hydrogen-bond donors (Lipinski definition) is 4. The minimum absolute atomic E-state index is 0.168. The minimum atomic E-state index is -1.66. The van der Waals surface area contributed by atoms with Crippen LogP contribution in [0, 0.1) is 13.8 Å². The van der Waals surface area contributed by atoms with Gasteiger partial charge in [-0.05, 0) is 108 Å². The number of pyridine rings is 2. The molecule has 3 amide bonds. The molecule has 5 N–H and O–H groups in total. The fourth-order valence-corrected chi connectivity index (χ4v) is 8.55. The first-order valence-corrected chi connectivity index (χ1v) is 27.6. The van der Waals surface area contributed by atoms with Gasteiger partial charge in [0.15, 0.2) is 0 Å². The van der Waals surface area contributed by atoms with Crippen molar-refractivity contribution in [2.75, 3.05) is 28.3 Å². The molecule has 0 saturated heterocycles. The van der Waals surface area contributed by atoms with E-state index >= 15 is 0 Å². The van der Waals surface area contributed by atoms with E-state index in [4.69, 9.17) is 50.4 Å². The van der Waals surface area contributed by atoms with Crippen molar-refractivity contribution in [1.29, 1.82) is 0 Å². The first-order valence-electron chi connectivity index (χ1n) is 26.5. The molecule has 4 heterocycles. The predicted molar refractivity (Wildman–Crippen MR) is 341 cm³/mol. The van der Waals surface area contributed by atoms with E-state index in [0.717, 1.165) is 78.1 Å². The maximum absolute atomic E-state index is 13.2. The summed E-state index contributed by atoms with van der Waals surface area (Å²) in [5, 5.41) is 22.4. The van der Waals surface area contributed by atoms with Crippen molar-refractivity contribution in [3.8, 4) is 11.4 Å². The number of benzene rings is 6. The Bertz CT molecular complexity index is 3860. The highest BCUT2D eigenvalue weighted by molar-refractivity contribution is 6.67. The number of nitrogens with zero attached hydrogens (tertiary/aromatic N) is 6. The second kappa shape index (κ2) is 26.2. The van der Waals surface area contributed by atoms with Crippen molar-refractivity contribution < 1.29 is 14.3 Å². The summed E-state index contributed by atoms with van der Waals surface area (Å²) in [6.45, 7) is 16.1. The largest absolute Gasteiger partial charge is 0.445 e. The Morgan fingerprint density at radius 3 is 1.41 bits per heavy atom. The molecule has 82 heavy (non-hydrogen) atoms. The molecule has 0 radical (unpaired) electrons. The summed E-state index contributed by atoms with van der Waals surface area (Å²) >= 11 is 16.8. The Labute approximate surface area is 493 Å². The number of halogens is 3. The van der Waals surface area contributed by atoms with Gasteiger partial charge in [0.1, 0.15) is 18.2 Å². The molecule has 0 spiro atoms. The number of amides is 3. The van der Waals surface area contributed by atoms with Gasteiger partial charge in [0.25, 0.3) is 0 Å². The summed E-state index contributed by atoms with van der Waals surface area (Å²) in [7, 11) is 0. The lowest BCUT2D eigenvalue weighted by atomic mass is 9.92. The van der Waals surface area contributed by atoms with E-state index in [-0.39, 0.29) is 23.5 Å². The number of nitrogen functional groups attached to an aromatic ring is 1. The van der Waals surface area contributed by atoms with Crippen LogP contribution in [-0.4, -0.2) is 52.1 Å². The van der Waals surface area contributed by atoms with Crippen LogP contribution in [0.2, 0.25) is 0 Å². The van der Waals surface area contributed by atoms with Gasteiger partial charge in [-0.3, -0.25) is 20.6 Å². The number of ether oxygens (including phenoxy) is 1. The third-order valence-electron chi connectivity index (χ3n) is 12.9. The van der Waals surface area contributed by atoms with Gasteiger partial charge < -0.3 is 15.8 Å². The number of rotatable bonds is 10. The molecule has 6 aromatic carbocycles. The van der Waals surface area contributed by atoms with Gasteiger partial charge in [0.2, 0.25) is 3.79 Å². The summed E-state index contributed by atoms with van der Waals surface area (Å²) in [5.41, 5.74) is 17.3. The zero-order valence-electron chi connectivity index (χ0n) is 47.0. The predicted octanol–water partition coefficient (Wildman–Crippen LogP) is 17.2. The number of nitrogens with one attached hydrogen (secondary N) is 3. The number of carbonyl (C=O) groups is 2. The van der Waals surface area contributed by atoms with E-state index < -0.39 is 9.89 Å². The van der Waals surface area contributed by atoms with Crippen LogP contribution in [0.4, 0.5) is 32.6 Å². The number of urea groups is 1. The second-order valence-corrected chi connectivity index (χ2v) is 24.0. The Morgan fingerprint density at radius 1 is 0.524 bits per heavy atom. The summed E-state index contributed by atoms with van der Waals surface area (Å²) in [5.74, 6) is 1.08. The average Bonchev–Trinajstić information content (AvgIpc) is 4.03. The third-order valence-corrected chi connectivity index (χ3v) is 13.2. The van der Waals surface area contributed by atoms with Gasteiger partial charge in [-0.2, -0.15) is 10.2 Å². The normalized spacial score (nSPS) is 11.7. The number of aryl methyl sites for hydroxylation is 2. The first-order chi connectivity index (χ1) is 39.1. The van der Waals surface area contributed by atoms with Gasteiger partial charge in [0.05, 0.1) is 28.5 Å². The quantitative estimate of drug-likeness (QED) is 0.0776. The van der Waals surface area contributed by atoms with Crippen molar-refractivity contribution in [1.82, 2.24) is 29.5 Å². The zero-order valence-corrected chi connectivity index (χ0v) is 49.2. The molecule has 0 saturated carbocycles. The molecule has 13 nitrogen and oxygen atoms in total. The molecule has 0 fully saturated rings. The molecule has 4 aromatic heterocycles. The molecule has 10 rings (SSSR count). The van der Waals surface area contributed by atoms with Crippen LogP contribution in [0.1, 0.15) is 86.3 Å². The van der Waals surface area contributed by atoms with Crippen LogP contribution < -0.4 is 21.7 Å². The maximum atomic E-state index is 13.2. The summed E-state index contributed by atoms with van der Waals surface area (Å²) < 4.78 is 6.70. The Hall–Kier alpha value is -8.75. The van der Waals surface area contributed by atoms with Crippen molar-refractivity contribution >= 4 is 116 Å². The van der Waals surface area contributed by atoms with E-state index in [1.165, 1.54) is 10.9 Å². The van der Waals surface area contributed by atoms with Crippen molar-refractivity contribution in [3.63, 3.8) is 0 Å². The van der Waals surface area contributed by atoms with Crippen LogP contribution in [0.5, 0.6) is 0 Å². The summed E-state index contributed by atoms with van der Waals surface area (Å²) in [6, 6.07) is 51.4. The summed E-state index contributed by atoms with van der Waals surface area (Å²) in [4.78, 5) is 33.3. The van der Waals surface area contributed by atoms with Crippen molar-refractivity contribution in [2.24, 2.45) is 0 Å². The molecule has 418 valence electrons. The first kappa shape index (κ1) is 59.4. The van der Waals surface area contributed by atoms with E-state index in [1.54, 1.807) is 40.2 Å². The Morgan fingerprint density at radius 2 is 0.951 bits per heavy atom. The van der Waals surface area contributed by atoms with Gasteiger partial charge in [0, 0.05) is 64.2 Å². The van der Waals surface area contributed by atoms with Crippen LogP contribution in [0.3, 0.4) is 0 Å². The SMILES string of the molecule is Cc1ccc(-n2nc(C(C)(C)C)cc2NC(=O)Nc2ccc(/C=C/c3ccncc3)c3ccccc23)cc1.Cc1ccc(-n2nc(C(C)(C)C)cc2NC(=O)OCC(Cl)(Cl)Cl)cc1.Nc1ccc(/C=C/c2ccncc2)c2ccccc12. The highest BCUT2D eigenvalue weighted by Crippen LogP contribution is 2.32. The molecule has 0 aliphatic carbocycles. The average molecular weight is 1150 g/mol. The van der Waals surface area contributed by atoms with Gasteiger partial charge in [-0.1, -0.05) is 197 Å². The molecule has 0 aliphatic heterocycles. The lowest BCUT2D eigenvalue weighted by Crippen LogP contribution is -2.22. The fraction of sp³-hybridized carbons (Fsp3) is 0.182. The monoisotopic (exact) mass is 1150 g/mol. The van der Waals surface area contributed by atoms with E-state index in [2.05, 4.69) is 100 Å². The number of carbonyl (C=O) groups excluding carboxylic acids is 2. The third kappa shape index (κ3) is 16.2. The molecule has 0 unspecified atom stereocenters. The molecule has 0 aliphatic rings. The highest BCUT2D eigenvalue weighted by Gasteiger charge is 2.25. The molecular formula is C66H65Cl3N10O3. The standard InChI is InChI=1S/C32H31N5O.C17H20Cl3N3O2.C17H14N2/c1-22-9-14-25(15-10-22)37-30(21-29(36-37)32(2,3)4)35-31(38)34-28-16-13-24(26-7-5-6-8-27(26)28)12-11-23-17-19-33-20-18-23;1-11-5-7-12(8-6-11)23-14(9-13(22-23)16(2,3)4)21-15(24)25-10-17(18,19)20;18-17-8-7-14(15-3-1-2-4-16(15)17)6-5-13-9-11-19-12-10-13/h5-21H,1-4H3,(H2,34,35,38);5-9H,10H2,1-4H3,(H,21,24);1-12H,18H2/b12-11+;;6-5+. The van der Waals surface area contributed by atoms with Gasteiger partial charge in [-0.25, -0.2) is 19.0 Å². The number of hydrogen-bond acceptors (Lipinski definition) is 8. The number of fused-ring (bicyclic) bond motifs is 2. The van der Waals surface area contributed by atoms with Crippen LogP contribution in [-0.2, 0) is 15.6 Å². The van der Waals surface area contributed by atoms with Crippen LogP contribution >= 0.6 is 34.8 Å².